The number of aryl methyl sites for hydroxylation is 1. The zero-order valence-corrected chi connectivity index (χ0v) is 24.2. The smallest absolute Gasteiger partial charge is 0.744 e. The molecule has 0 fully saturated rings. The van der Waals surface area contributed by atoms with Crippen molar-refractivity contribution in [3.8, 4) is 5.75 Å². The Morgan fingerprint density at radius 1 is 1.15 bits per heavy atom. The summed E-state index contributed by atoms with van der Waals surface area (Å²) in [5.41, 5.74) is 1.02. The molecule has 0 spiro atoms. The molecule has 0 aromatic heterocycles. The first kappa shape index (κ1) is 31.0. The summed E-state index contributed by atoms with van der Waals surface area (Å²) in [5.74, 6) is -1.08. The molecule has 3 aromatic rings. The van der Waals surface area contributed by atoms with Crippen LogP contribution in [0.1, 0.15) is 12.5 Å². The fourth-order valence-electron chi connectivity index (χ4n) is 2.88. The average molecular weight is 523 g/mol. The molecule has 0 aliphatic carbocycles. The van der Waals surface area contributed by atoms with Gasteiger partial charge in [-0.05, 0) is 42.1 Å². The van der Waals surface area contributed by atoms with Crippen LogP contribution in [0.4, 0.5) is 17.1 Å². The molecule has 168 valence electrons. The Bertz CT molecular complexity index is 1340. The van der Waals surface area contributed by atoms with Gasteiger partial charge in [0.2, 0.25) is 5.91 Å². The SMILES string of the molecule is CC(=O)Nc1cc(S(=O)(=O)[O-])cc2cc(SOO[O-])c(N=Nc3ccccc3C)c(O)c12.[Na+].[Na+]. The van der Waals surface area contributed by atoms with E-state index < -0.39 is 26.7 Å². The van der Waals surface area contributed by atoms with E-state index in [4.69, 9.17) is 0 Å². The molecule has 0 heterocycles. The molecule has 0 radical (unpaired) electrons. The number of benzene rings is 3. The molecule has 11 nitrogen and oxygen atoms in total. The number of nitrogens with one attached hydrogen (secondary N) is 1. The molecule has 34 heavy (non-hydrogen) atoms. The molecule has 0 aliphatic heterocycles. The number of azo groups is 1. The van der Waals surface area contributed by atoms with Crippen LogP contribution >= 0.6 is 12.0 Å². The zero-order valence-electron chi connectivity index (χ0n) is 18.6. The van der Waals surface area contributed by atoms with Crippen molar-refractivity contribution in [3.05, 3.63) is 48.0 Å². The number of anilines is 1. The van der Waals surface area contributed by atoms with E-state index in [9.17, 15) is 28.1 Å². The predicted octanol–water partition coefficient (Wildman–Crippen LogP) is -2.63. The van der Waals surface area contributed by atoms with E-state index in [2.05, 4.69) is 24.9 Å². The molecule has 0 unspecified atom stereocenters. The second-order valence-electron chi connectivity index (χ2n) is 6.48. The second-order valence-corrected chi connectivity index (χ2v) is 8.60. The minimum absolute atomic E-state index is 0. The number of aromatic hydroxyl groups is 1. The Morgan fingerprint density at radius 3 is 2.41 bits per heavy atom. The normalized spacial score (nSPS) is 11.2. The van der Waals surface area contributed by atoms with Gasteiger partial charge in [0.25, 0.3) is 0 Å². The summed E-state index contributed by atoms with van der Waals surface area (Å²) in [6.45, 7) is 2.97. The molecule has 3 rings (SSSR count). The van der Waals surface area contributed by atoms with Gasteiger partial charge >= 0.3 is 59.1 Å². The number of hydrogen-bond acceptors (Lipinski definition) is 11. The number of phenolic OH excluding ortho intramolecular Hbond substituents is 1. The van der Waals surface area contributed by atoms with Gasteiger partial charge in [-0.1, -0.05) is 18.2 Å². The van der Waals surface area contributed by atoms with Crippen LogP contribution in [0.25, 0.3) is 10.8 Å². The maximum absolute atomic E-state index is 11.6. The van der Waals surface area contributed by atoms with Gasteiger partial charge in [-0.3, -0.25) is 9.83 Å². The molecule has 0 aliphatic rings. The van der Waals surface area contributed by atoms with Crippen LogP contribution in [0.5, 0.6) is 5.75 Å². The van der Waals surface area contributed by atoms with Gasteiger partial charge in [-0.25, -0.2) is 8.42 Å². The fraction of sp³-hybridized carbons (Fsp3) is 0.105. The third-order valence-corrected chi connectivity index (χ3v) is 5.68. The standard InChI is InChI=1S/C19H17N3O8S2.2Na/c1-10-5-3-4-6-14(10)21-22-18-16(31-30-29-25)8-12-7-13(32(26,27)28)9-15(20-11(2)23)17(12)19(18)24;;/h3-9,24-25H,1-2H3,(H,20,23)(H,26,27,28);;/q;2*+1/p-2. The molecule has 0 atom stereocenters. The average Bonchev–Trinajstić information content (AvgIpc) is 2.71. The number of amides is 1. The third-order valence-electron chi connectivity index (χ3n) is 4.25. The van der Waals surface area contributed by atoms with Gasteiger partial charge in [0.05, 0.1) is 33.2 Å². The van der Waals surface area contributed by atoms with E-state index in [0.29, 0.717) is 17.7 Å². The summed E-state index contributed by atoms with van der Waals surface area (Å²) in [4.78, 5) is 11.0. The van der Waals surface area contributed by atoms with Crippen LogP contribution in [0.15, 0.2) is 62.5 Å². The van der Waals surface area contributed by atoms with Gasteiger partial charge in [-0.2, -0.15) is 9.45 Å². The second kappa shape index (κ2) is 13.3. The first-order chi connectivity index (χ1) is 15.1. The Kier molecular flexibility index (Phi) is 12.1. The Balaban J connectivity index is 0.00000289. The fourth-order valence-corrected chi connectivity index (χ4v) is 3.91. The summed E-state index contributed by atoms with van der Waals surface area (Å²) in [6.07, 6.45) is 0. The van der Waals surface area contributed by atoms with Crippen LogP contribution in [0.3, 0.4) is 0 Å². The van der Waals surface area contributed by atoms with Crippen molar-refractivity contribution in [1.82, 2.24) is 0 Å². The molecule has 1 amide bonds. The molecule has 2 N–H and O–H groups in total. The van der Waals surface area contributed by atoms with Crippen molar-refractivity contribution in [3.63, 3.8) is 0 Å². The molecule has 0 saturated heterocycles. The van der Waals surface area contributed by atoms with Crippen molar-refractivity contribution in [2.45, 2.75) is 23.6 Å². The van der Waals surface area contributed by atoms with E-state index in [0.717, 1.165) is 17.7 Å². The number of carbonyl (C=O) groups excluding carboxylic acids is 1. The monoisotopic (exact) mass is 523 g/mol. The van der Waals surface area contributed by atoms with Gasteiger partial charge < -0.3 is 20.2 Å². The zero-order chi connectivity index (χ0) is 23.5. The van der Waals surface area contributed by atoms with Crippen LogP contribution in [-0.4, -0.2) is 24.0 Å². The van der Waals surface area contributed by atoms with Gasteiger partial charge in [-0.15, -0.1) is 5.11 Å². The largest absolute Gasteiger partial charge is 1.00 e. The maximum atomic E-state index is 11.6. The number of hydrogen-bond donors (Lipinski definition) is 2. The van der Waals surface area contributed by atoms with Crippen molar-refractivity contribution in [1.29, 1.82) is 0 Å². The summed E-state index contributed by atoms with van der Waals surface area (Å²) < 4.78 is 39.0. The molecular formula is C19H15N3Na2O8S2. The first-order valence-electron chi connectivity index (χ1n) is 8.79. The number of carbonyl (C=O) groups is 1. The van der Waals surface area contributed by atoms with E-state index in [1.54, 1.807) is 25.1 Å². The summed E-state index contributed by atoms with van der Waals surface area (Å²) in [6, 6.07) is 10.3. The quantitative estimate of drug-likeness (QED) is 0.0839. The van der Waals surface area contributed by atoms with Gasteiger partial charge in [0.1, 0.15) is 15.8 Å². The molecule has 15 heteroatoms. The summed E-state index contributed by atoms with van der Waals surface area (Å²) >= 11 is 0.385. The Labute approximate surface area is 243 Å². The van der Waals surface area contributed by atoms with Gasteiger partial charge in [0.15, 0.2) is 5.75 Å². The van der Waals surface area contributed by atoms with Crippen LogP contribution < -0.4 is 69.7 Å². The van der Waals surface area contributed by atoms with Crippen molar-refractivity contribution >= 4 is 55.9 Å². The number of fused-ring (bicyclic) bond motifs is 1. The van der Waals surface area contributed by atoms with E-state index in [1.165, 1.54) is 13.0 Å². The topological polar surface area (TPSA) is 173 Å². The number of nitrogens with zero attached hydrogens (tertiary/aromatic N) is 2. The van der Waals surface area contributed by atoms with Gasteiger partial charge in [0, 0.05) is 12.3 Å². The van der Waals surface area contributed by atoms with Crippen LogP contribution in [0.2, 0.25) is 0 Å². The van der Waals surface area contributed by atoms with E-state index in [-0.39, 0.29) is 86.2 Å². The van der Waals surface area contributed by atoms with Crippen molar-refractivity contribution in [2.24, 2.45) is 10.2 Å². The third kappa shape index (κ3) is 7.46. The Morgan fingerprint density at radius 2 is 1.82 bits per heavy atom. The van der Waals surface area contributed by atoms with Crippen LogP contribution in [-0.2, 0) is 24.3 Å². The molecule has 0 bridgehead atoms. The molecule has 0 saturated carbocycles. The van der Waals surface area contributed by atoms with E-state index in [1.807, 2.05) is 6.07 Å². The minimum Gasteiger partial charge on any atom is -0.744 e. The maximum Gasteiger partial charge on any atom is 1.00 e. The molecular weight excluding hydrogens is 508 g/mol. The number of rotatable bonds is 7. The van der Waals surface area contributed by atoms with E-state index >= 15 is 0 Å². The molecule has 3 aromatic carbocycles. The van der Waals surface area contributed by atoms with Crippen molar-refractivity contribution in [2.75, 3.05) is 5.32 Å². The number of phenols is 1. The Hall–Kier alpha value is -1.07. The summed E-state index contributed by atoms with van der Waals surface area (Å²) in [5, 5.41) is 35.2. The minimum atomic E-state index is -4.89. The first-order valence-corrected chi connectivity index (χ1v) is 10.9. The predicted molar refractivity (Wildman–Crippen MR) is 111 cm³/mol. The summed E-state index contributed by atoms with van der Waals surface area (Å²) in [7, 11) is -4.89. The van der Waals surface area contributed by atoms with Crippen molar-refractivity contribution < 1.29 is 96.6 Å². The van der Waals surface area contributed by atoms with Crippen LogP contribution in [0, 0.1) is 6.92 Å².